The average molecular weight is 249 g/mol. The molecule has 4 heteroatoms. The van der Waals surface area contributed by atoms with Crippen molar-refractivity contribution in [2.45, 2.75) is 51.2 Å². The molecule has 0 radical (unpaired) electrons. The van der Waals surface area contributed by atoms with Gasteiger partial charge < -0.3 is 14.6 Å². The lowest BCUT2D eigenvalue weighted by atomic mass is 9.93. The minimum atomic E-state index is 0.566. The summed E-state index contributed by atoms with van der Waals surface area (Å²) in [6.45, 7) is 5.09. The van der Waals surface area contributed by atoms with E-state index in [0.29, 0.717) is 6.04 Å². The summed E-state index contributed by atoms with van der Waals surface area (Å²) < 4.78 is 7.75. The zero-order chi connectivity index (χ0) is 12.4. The van der Waals surface area contributed by atoms with Crippen LogP contribution in [-0.2, 0) is 11.3 Å². The number of aromatic nitrogens is 2. The lowest BCUT2D eigenvalue weighted by molar-refractivity contribution is 0.0557. The standard InChI is InChI=1S/C14H23N3O/c1-11(12-4-6-18-7-5-12)16-9-14-8-15-10-17(14)13-2-3-13/h8,10-13,16H,2-7,9H2,1H3. The number of hydrogen-bond donors (Lipinski definition) is 1. The monoisotopic (exact) mass is 249 g/mol. The van der Waals surface area contributed by atoms with E-state index < -0.39 is 0 Å². The molecule has 2 heterocycles. The Balaban J connectivity index is 1.51. The first-order chi connectivity index (χ1) is 8.84. The fourth-order valence-corrected chi connectivity index (χ4v) is 2.80. The summed E-state index contributed by atoms with van der Waals surface area (Å²) in [5.74, 6) is 0.760. The second-order valence-electron chi connectivity index (χ2n) is 5.64. The Morgan fingerprint density at radius 1 is 1.39 bits per heavy atom. The van der Waals surface area contributed by atoms with Gasteiger partial charge in [0.25, 0.3) is 0 Å². The van der Waals surface area contributed by atoms with E-state index >= 15 is 0 Å². The van der Waals surface area contributed by atoms with Gasteiger partial charge in [0, 0.05) is 38.0 Å². The quantitative estimate of drug-likeness (QED) is 0.869. The van der Waals surface area contributed by atoms with Crippen LogP contribution >= 0.6 is 0 Å². The van der Waals surface area contributed by atoms with Crippen LogP contribution in [0.3, 0.4) is 0 Å². The van der Waals surface area contributed by atoms with Gasteiger partial charge >= 0.3 is 0 Å². The molecule has 1 aromatic rings. The lowest BCUT2D eigenvalue weighted by Crippen LogP contribution is -2.36. The van der Waals surface area contributed by atoms with Crippen molar-refractivity contribution in [3.63, 3.8) is 0 Å². The third-order valence-electron chi connectivity index (χ3n) is 4.26. The van der Waals surface area contributed by atoms with Crippen molar-refractivity contribution >= 4 is 0 Å². The maximum absolute atomic E-state index is 5.42. The third kappa shape index (κ3) is 2.75. The molecule has 3 rings (SSSR count). The van der Waals surface area contributed by atoms with E-state index in [1.165, 1.54) is 31.4 Å². The second-order valence-corrected chi connectivity index (χ2v) is 5.64. The molecule has 1 aliphatic heterocycles. The zero-order valence-electron chi connectivity index (χ0n) is 11.1. The molecular weight excluding hydrogens is 226 g/mol. The number of nitrogens with one attached hydrogen (secondary N) is 1. The predicted molar refractivity (Wildman–Crippen MR) is 70.3 cm³/mol. The van der Waals surface area contributed by atoms with Crippen LogP contribution in [0.25, 0.3) is 0 Å². The van der Waals surface area contributed by atoms with Gasteiger partial charge in [-0.1, -0.05) is 0 Å². The van der Waals surface area contributed by atoms with E-state index in [4.69, 9.17) is 4.74 Å². The molecule has 1 saturated heterocycles. The van der Waals surface area contributed by atoms with E-state index in [9.17, 15) is 0 Å². The molecule has 18 heavy (non-hydrogen) atoms. The Kier molecular flexibility index (Phi) is 3.66. The molecule has 2 aliphatic rings. The Hall–Kier alpha value is -0.870. The van der Waals surface area contributed by atoms with E-state index in [-0.39, 0.29) is 0 Å². The summed E-state index contributed by atoms with van der Waals surface area (Å²) in [6, 6.07) is 1.29. The van der Waals surface area contributed by atoms with Gasteiger partial charge in [-0.3, -0.25) is 0 Å². The van der Waals surface area contributed by atoms with Gasteiger partial charge in [0.05, 0.1) is 12.0 Å². The van der Waals surface area contributed by atoms with Crippen molar-refractivity contribution in [1.29, 1.82) is 0 Å². The molecule has 1 atom stereocenters. The number of nitrogens with zero attached hydrogens (tertiary/aromatic N) is 2. The zero-order valence-corrected chi connectivity index (χ0v) is 11.1. The number of hydrogen-bond acceptors (Lipinski definition) is 3. The highest BCUT2D eigenvalue weighted by Gasteiger charge is 2.25. The van der Waals surface area contributed by atoms with E-state index in [0.717, 1.165) is 31.7 Å². The number of imidazole rings is 1. The molecule has 1 N–H and O–H groups in total. The molecule has 1 aliphatic carbocycles. The molecule has 1 unspecified atom stereocenters. The topological polar surface area (TPSA) is 39.1 Å². The van der Waals surface area contributed by atoms with Crippen molar-refractivity contribution in [3.8, 4) is 0 Å². The van der Waals surface area contributed by atoms with Crippen LogP contribution in [0.15, 0.2) is 12.5 Å². The number of rotatable bonds is 5. The Morgan fingerprint density at radius 3 is 2.89 bits per heavy atom. The van der Waals surface area contributed by atoms with Gasteiger partial charge in [-0.25, -0.2) is 4.98 Å². The van der Waals surface area contributed by atoms with Gasteiger partial charge in [0.1, 0.15) is 0 Å². The smallest absolute Gasteiger partial charge is 0.0951 e. The van der Waals surface area contributed by atoms with Crippen LogP contribution in [-0.4, -0.2) is 28.8 Å². The largest absolute Gasteiger partial charge is 0.381 e. The lowest BCUT2D eigenvalue weighted by Gasteiger charge is -2.28. The summed E-state index contributed by atoms with van der Waals surface area (Å²) in [6.07, 6.45) is 9.00. The van der Waals surface area contributed by atoms with Gasteiger partial charge in [-0.05, 0) is 38.5 Å². The minimum Gasteiger partial charge on any atom is -0.381 e. The van der Waals surface area contributed by atoms with Gasteiger partial charge in [0.15, 0.2) is 0 Å². The minimum absolute atomic E-state index is 0.566. The molecule has 1 saturated carbocycles. The Labute approximate surface area is 109 Å². The Bertz CT molecular complexity index is 380. The first-order valence-electron chi connectivity index (χ1n) is 7.16. The van der Waals surface area contributed by atoms with Crippen LogP contribution in [0.4, 0.5) is 0 Å². The van der Waals surface area contributed by atoms with Crippen molar-refractivity contribution in [3.05, 3.63) is 18.2 Å². The normalized spacial score (nSPS) is 23.2. The Morgan fingerprint density at radius 2 is 2.17 bits per heavy atom. The third-order valence-corrected chi connectivity index (χ3v) is 4.26. The highest BCUT2D eigenvalue weighted by atomic mass is 16.5. The SMILES string of the molecule is CC(NCc1cncn1C1CC1)C1CCOCC1. The van der Waals surface area contributed by atoms with Crippen molar-refractivity contribution in [2.75, 3.05) is 13.2 Å². The van der Waals surface area contributed by atoms with Crippen LogP contribution in [0.2, 0.25) is 0 Å². The summed E-state index contributed by atoms with van der Waals surface area (Å²) in [5, 5.41) is 3.66. The summed E-state index contributed by atoms with van der Waals surface area (Å²) in [5.41, 5.74) is 1.33. The molecule has 100 valence electrons. The highest BCUT2D eigenvalue weighted by Crippen LogP contribution is 2.35. The van der Waals surface area contributed by atoms with Crippen LogP contribution in [0.5, 0.6) is 0 Å². The fourth-order valence-electron chi connectivity index (χ4n) is 2.80. The summed E-state index contributed by atoms with van der Waals surface area (Å²) >= 11 is 0. The predicted octanol–water partition coefficient (Wildman–Crippen LogP) is 2.12. The van der Waals surface area contributed by atoms with Crippen molar-refractivity contribution in [1.82, 2.24) is 14.9 Å². The van der Waals surface area contributed by atoms with Crippen LogP contribution in [0.1, 0.15) is 44.3 Å². The maximum Gasteiger partial charge on any atom is 0.0951 e. The van der Waals surface area contributed by atoms with Gasteiger partial charge in [-0.15, -0.1) is 0 Å². The molecule has 2 fully saturated rings. The highest BCUT2D eigenvalue weighted by molar-refractivity contribution is 5.03. The molecule has 0 amide bonds. The molecule has 0 bridgehead atoms. The fraction of sp³-hybridized carbons (Fsp3) is 0.786. The van der Waals surface area contributed by atoms with Gasteiger partial charge in [0.2, 0.25) is 0 Å². The van der Waals surface area contributed by atoms with E-state index in [2.05, 4.69) is 21.8 Å². The number of ether oxygens (including phenoxy) is 1. The van der Waals surface area contributed by atoms with Gasteiger partial charge in [-0.2, -0.15) is 0 Å². The summed E-state index contributed by atoms with van der Waals surface area (Å²) in [4.78, 5) is 4.28. The molecule has 1 aromatic heterocycles. The van der Waals surface area contributed by atoms with Crippen LogP contribution < -0.4 is 5.32 Å². The molecule has 0 spiro atoms. The molecule has 4 nitrogen and oxygen atoms in total. The van der Waals surface area contributed by atoms with Crippen molar-refractivity contribution < 1.29 is 4.74 Å². The average Bonchev–Trinajstić information content (AvgIpc) is 3.16. The van der Waals surface area contributed by atoms with Crippen LogP contribution in [0, 0.1) is 5.92 Å². The van der Waals surface area contributed by atoms with E-state index in [1.54, 1.807) is 0 Å². The summed E-state index contributed by atoms with van der Waals surface area (Å²) in [7, 11) is 0. The maximum atomic E-state index is 5.42. The second kappa shape index (κ2) is 5.41. The first-order valence-corrected chi connectivity index (χ1v) is 7.16. The van der Waals surface area contributed by atoms with Crippen molar-refractivity contribution in [2.24, 2.45) is 5.92 Å². The molecular formula is C14H23N3O. The molecule has 0 aromatic carbocycles. The first kappa shape index (κ1) is 12.2. The van der Waals surface area contributed by atoms with E-state index in [1.807, 2.05) is 12.5 Å².